The van der Waals surface area contributed by atoms with Gasteiger partial charge < -0.3 is 20.5 Å². The van der Waals surface area contributed by atoms with Gasteiger partial charge in [0.25, 0.3) is 0 Å². The number of amides is 3. The molecule has 0 saturated carbocycles. The number of hydrogen-bond donors (Lipinski definition) is 3. The van der Waals surface area contributed by atoms with E-state index in [2.05, 4.69) is 20.9 Å². The summed E-state index contributed by atoms with van der Waals surface area (Å²) in [4.78, 5) is 28.9. The highest BCUT2D eigenvalue weighted by atomic mass is 32.2. The van der Waals surface area contributed by atoms with Gasteiger partial charge in [-0.2, -0.15) is 11.8 Å². The van der Waals surface area contributed by atoms with Gasteiger partial charge in [-0.05, 0) is 43.5 Å². The summed E-state index contributed by atoms with van der Waals surface area (Å²) in [6.45, 7) is 2.56. The lowest BCUT2D eigenvalue weighted by atomic mass is 10.2. The van der Waals surface area contributed by atoms with Crippen LogP contribution in [0.5, 0.6) is 0 Å². The second kappa shape index (κ2) is 9.27. The van der Waals surface area contributed by atoms with Crippen LogP contribution < -0.4 is 16.0 Å². The molecule has 1 aromatic heterocycles. The molecule has 0 bridgehead atoms. The van der Waals surface area contributed by atoms with Gasteiger partial charge in [0, 0.05) is 17.9 Å². The number of carbonyl (C=O) groups is 2. The van der Waals surface area contributed by atoms with Crippen molar-refractivity contribution in [3.63, 3.8) is 0 Å². The molecule has 0 fully saturated rings. The predicted molar refractivity (Wildman–Crippen MR) is 115 cm³/mol. The smallest absolute Gasteiger partial charge is 0.319 e. The van der Waals surface area contributed by atoms with Crippen molar-refractivity contribution < 1.29 is 9.59 Å². The zero-order valence-electron chi connectivity index (χ0n) is 15.9. The summed E-state index contributed by atoms with van der Waals surface area (Å²) < 4.78 is 1.94. The number of rotatable bonds is 7. The Bertz CT molecular complexity index is 986. The van der Waals surface area contributed by atoms with Gasteiger partial charge in [-0.1, -0.05) is 18.2 Å². The Kier molecular flexibility index (Phi) is 6.54. The second-order valence-corrected chi connectivity index (χ2v) is 7.02. The van der Waals surface area contributed by atoms with E-state index < -0.39 is 0 Å². The average molecular weight is 398 g/mol. The van der Waals surface area contributed by atoms with Crippen molar-refractivity contribution >= 4 is 46.1 Å². The topological polar surface area (TPSA) is 88.0 Å². The van der Waals surface area contributed by atoms with Crippen LogP contribution in [0, 0.1) is 0 Å². The van der Waals surface area contributed by atoms with Crippen LogP contribution >= 0.6 is 11.8 Å². The van der Waals surface area contributed by atoms with Crippen LogP contribution in [0.1, 0.15) is 12.7 Å². The number of fused-ring (bicyclic) bond motifs is 1. The summed E-state index contributed by atoms with van der Waals surface area (Å²) in [5.74, 6) is 1.45. The summed E-state index contributed by atoms with van der Waals surface area (Å²) in [6.07, 6.45) is 2.01. The third-order valence-corrected chi connectivity index (χ3v) is 4.60. The Labute approximate surface area is 167 Å². The van der Waals surface area contributed by atoms with Crippen LogP contribution in [0.15, 0.2) is 48.5 Å². The first kappa shape index (κ1) is 19.8. The van der Waals surface area contributed by atoms with Gasteiger partial charge in [-0.3, -0.25) is 4.79 Å². The third kappa shape index (κ3) is 4.83. The van der Waals surface area contributed by atoms with Crippen LogP contribution in [0.25, 0.3) is 11.0 Å². The monoisotopic (exact) mass is 397 g/mol. The van der Waals surface area contributed by atoms with Gasteiger partial charge in [-0.15, -0.1) is 0 Å². The number of anilines is 2. The van der Waals surface area contributed by atoms with Crippen LogP contribution in [0.2, 0.25) is 0 Å². The van der Waals surface area contributed by atoms with E-state index in [-0.39, 0.29) is 18.5 Å². The standard InChI is InChI=1S/C20H23N5O2S/c1-3-21-20(27)23-15-8-6-7-14(11-15)22-19(26)12-25-17-10-5-4-9-16(17)24-18(25)13-28-2/h4-11H,3,12-13H2,1-2H3,(H,22,26)(H2,21,23,27). The minimum atomic E-state index is -0.280. The molecule has 28 heavy (non-hydrogen) atoms. The SMILES string of the molecule is CCNC(=O)Nc1cccc(NC(=O)Cn2c(CSC)nc3ccccc32)c1. The molecule has 0 aliphatic carbocycles. The molecule has 8 heteroatoms. The number of hydrogen-bond acceptors (Lipinski definition) is 4. The summed E-state index contributed by atoms with van der Waals surface area (Å²) in [6, 6.07) is 14.6. The summed E-state index contributed by atoms with van der Waals surface area (Å²) in [5, 5.41) is 8.30. The number of nitrogens with zero attached hydrogens (tertiary/aromatic N) is 2. The number of nitrogens with one attached hydrogen (secondary N) is 3. The van der Waals surface area contributed by atoms with E-state index in [4.69, 9.17) is 0 Å². The molecule has 0 aliphatic heterocycles. The minimum absolute atomic E-state index is 0.152. The van der Waals surface area contributed by atoms with Gasteiger partial charge in [0.1, 0.15) is 12.4 Å². The highest BCUT2D eigenvalue weighted by molar-refractivity contribution is 7.97. The van der Waals surface area contributed by atoms with Crippen molar-refractivity contribution in [2.45, 2.75) is 19.2 Å². The van der Waals surface area contributed by atoms with Gasteiger partial charge in [-0.25, -0.2) is 9.78 Å². The van der Waals surface area contributed by atoms with Gasteiger partial charge in [0.2, 0.25) is 5.91 Å². The molecule has 3 rings (SSSR count). The zero-order valence-corrected chi connectivity index (χ0v) is 16.7. The lowest BCUT2D eigenvalue weighted by Crippen LogP contribution is -2.28. The van der Waals surface area contributed by atoms with Crippen molar-refractivity contribution in [1.29, 1.82) is 0 Å². The van der Waals surface area contributed by atoms with E-state index in [0.29, 0.717) is 17.9 Å². The van der Waals surface area contributed by atoms with Crippen LogP contribution in [-0.2, 0) is 17.1 Å². The highest BCUT2D eigenvalue weighted by Gasteiger charge is 2.13. The maximum Gasteiger partial charge on any atom is 0.319 e. The lowest BCUT2D eigenvalue weighted by Gasteiger charge is -2.11. The Morgan fingerprint density at radius 2 is 1.82 bits per heavy atom. The third-order valence-electron chi connectivity index (χ3n) is 4.05. The maximum absolute atomic E-state index is 12.6. The van der Waals surface area contributed by atoms with Gasteiger partial charge >= 0.3 is 6.03 Å². The molecule has 0 radical (unpaired) electrons. The fourth-order valence-electron chi connectivity index (χ4n) is 2.90. The summed E-state index contributed by atoms with van der Waals surface area (Å²) in [7, 11) is 0. The van der Waals surface area contributed by atoms with Crippen molar-refractivity contribution in [2.75, 3.05) is 23.4 Å². The quantitative estimate of drug-likeness (QED) is 0.567. The largest absolute Gasteiger partial charge is 0.338 e. The van der Waals surface area contributed by atoms with Gasteiger partial charge in [0.05, 0.1) is 16.8 Å². The summed E-state index contributed by atoms with van der Waals surface area (Å²) >= 11 is 1.67. The molecular weight excluding hydrogens is 374 g/mol. The van der Waals surface area contributed by atoms with Gasteiger partial charge in [0.15, 0.2) is 0 Å². The fourth-order valence-corrected chi connectivity index (χ4v) is 3.37. The molecule has 0 spiro atoms. The number of carbonyl (C=O) groups excluding carboxylic acids is 2. The van der Waals surface area contributed by atoms with E-state index in [0.717, 1.165) is 22.6 Å². The first-order chi connectivity index (χ1) is 13.6. The molecular formula is C20H23N5O2S. The lowest BCUT2D eigenvalue weighted by molar-refractivity contribution is -0.116. The van der Waals surface area contributed by atoms with Crippen LogP contribution in [0.4, 0.5) is 16.2 Å². The Morgan fingerprint density at radius 1 is 1.07 bits per heavy atom. The normalized spacial score (nSPS) is 10.6. The molecule has 7 nitrogen and oxygen atoms in total. The Balaban J connectivity index is 1.73. The van der Waals surface area contributed by atoms with E-state index in [1.165, 1.54) is 0 Å². The molecule has 0 unspecified atom stereocenters. The van der Waals surface area contributed by atoms with Crippen molar-refractivity contribution in [3.05, 3.63) is 54.4 Å². The van der Waals surface area contributed by atoms with E-state index >= 15 is 0 Å². The fraction of sp³-hybridized carbons (Fsp3) is 0.250. The molecule has 0 atom stereocenters. The Morgan fingerprint density at radius 3 is 2.57 bits per heavy atom. The molecule has 3 amide bonds. The molecule has 0 saturated heterocycles. The van der Waals surface area contributed by atoms with Crippen LogP contribution in [-0.4, -0.2) is 34.3 Å². The number of imidazole rings is 1. The van der Waals surface area contributed by atoms with E-state index in [9.17, 15) is 9.59 Å². The highest BCUT2D eigenvalue weighted by Crippen LogP contribution is 2.20. The first-order valence-electron chi connectivity index (χ1n) is 8.98. The van der Waals surface area contributed by atoms with E-state index in [1.54, 1.807) is 36.0 Å². The zero-order chi connectivity index (χ0) is 19.9. The number of aromatic nitrogens is 2. The van der Waals surface area contributed by atoms with Crippen molar-refractivity contribution in [3.8, 4) is 0 Å². The average Bonchev–Trinajstić information content (AvgIpc) is 3.00. The Hall–Kier alpha value is -3.00. The predicted octanol–water partition coefficient (Wildman–Crippen LogP) is 3.68. The minimum Gasteiger partial charge on any atom is -0.338 e. The summed E-state index contributed by atoms with van der Waals surface area (Å²) in [5.41, 5.74) is 3.05. The number of para-hydroxylation sites is 2. The molecule has 1 heterocycles. The van der Waals surface area contributed by atoms with Crippen molar-refractivity contribution in [2.24, 2.45) is 0 Å². The van der Waals surface area contributed by atoms with Crippen molar-refractivity contribution in [1.82, 2.24) is 14.9 Å². The second-order valence-electron chi connectivity index (χ2n) is 6.15. The van der Waals surface area contributed by atoms with Crippen LogP contribution in [0.3, 0.4) is 0 Å². The van der Waals surface area contributed by atoms with E-state index in [1.807, 2.05) is 42.0 Å². The molecule has 2 aromatic carbocycles. The first-order valence-corrected chi connectivity index (χ1v) is 10.4. The number of urea groups is 1. The number of benzene rings is 2. The molecule has 0 aliphatic rings. The molecule has 146 valence electrons. The molecule has 3 N–H and O–H groups in total. The maximum atomic E-state index is 12.6. The number of thioether (sulfide) groups is 1. The molecule has 3 aromatic rings.